The molecule has 0 aliphatic heterocycles. The zero-order valence-corrected chi connectivity index (χ0v) is 18.2. The van der Waals surface area contributed by atoms with E-state index in [0.29, 0.717) is 30.3 Å². The van der Waals surface area contributed by atoms with Crippen LogP contribution >= 0.6 is 0 Å². The zero-order valence-electron chi connectivity index (χ0n) is 18.2. The predicted octanol–water partition coefficient (Wildman–Crippen LogP) is 5.33. The van der Waals surface area contributed by atoms with Gasteiger partial charge in [-0.05, 0) is 100 Å². The Morgan fingerprint density at radius 2 is 1.96 bits per heavy atom. The lowest BCUT2D eigenvalue weighted by atomic mass is 9.63. The Morgan fingerprint density at radius 1 is 1.18 bits per heavy atom. The molecule has 0 saturated heterocycles. The molecular formula is C25H40O3. The lowest BCUT2D eigenvalue weighted by Crippen LogP contribution is -2.35. The molecule has 0 aromatic heterocycles. The van der Waals surface area contributed by atoms with Gasteiger partial charge in [0.25, 0.3) is 0 Å². The SMILES string of the molecule is C=C1/C(=C\C=C2/CCC[C@@]3(C)C2CC[C@@H]3COCCC(C)(C)O)CCC[C@@H]1O. The van der Waals surface area contributed by atoms with Crippen molar-refractivity contribution in [1.82, 2.24) is 0 Å². The van der Waals surface area contributed by atoms with E-state index in [1.807, 2.05) is 13.8 Å². The smallest absolute Gasteiger partial charge is 0.0787 e. The van der Waals surface area contributed by atoms with Crippen LogP contribution in [0.1, 0.15) is 78.6 Å². The molecule has 158 valence electrons. The van der Waals surface area contributed by atoms with E-state index in [1.54, 1.807) is 5.57 Å². The van der Waals surface area contributed by atoms with Crippen LogP contribution in [0.15, 0.2) is 35.5 Å². The first-order chi connectivity index (χ1) is 13.2. The Balaban J connectivity index is 1.63. The highest BCUT2D eigenvalue weighted by Crippen LogP contribution is 2.57. The molecule has 1 unspecified atom stereocenters. The van der Waals surface area contributed by atoms with Gasteiger partial charge in [-0.2, -0.15) is 0 Å². The molecule has 0 bridgehead atoms. The summed E-state index contributed by atoms with van der Waals surface area (Å²) in [7, 11) is 0. The maximum absolute atomic E-state index is 10.1. The van der Waals surface area contributed by atoms with Crippen LogP contribution in [0.3, 0.4) is 0 Å². The predicted molar refractivity (Wildman–Crippen MR) is 115 cm³/mol. The van der Waals surface area contributed by atoms with Gasteiger partial charge >= 0.3 is 0 Å². The van der Waals surface area contributed by atoms with E-state index < -0.39 is 5.60 Å². The molecule has 4 atom stereocenters. The molecule has 0 radical (unpaired) electrons. The fourth-order valence-corrected chi connectivity index (χ4v) is 5.60. The summed E-state index contributed by atoms with van der Waals surface area (Å²) in [6.07, 6.45) is 14.1. The zero-order chi connectivity index (χ0) is 20.4. The van der Waals surface area contributed by atoms with Crippen molar-refractivity contribution >= 4 is 0 Å². The highest BCUT2D eigenvalue weighted by Gasteiger charge is 2.49. The maximum Gasteiger partial charge on any atom is 0.0787 e. The average molecular weight is 389 g/mol. The second-order valence-corrected chi connectivity index (χ2v) is 10.2. The average Bonchev–Trinajstić information content (AvgIpc) is 2.96. The third-order valence-electron chi connectivity index (χ3n) is 7.58. The minimum atomic E-state index is -0.646. The van der Waals surface area contributed by atoms with Crippen molar-refractivity contribution in [3.8, 4) is 0 Å². The Bertz CT molecular complexity index is 624. The van der Waals surface area contributed by atoms with Gasteiger partial charge in [0.05, 0.1) is 11.7 Å². The summed E-state index contributed by atoms with van der Waals surface area (Å²) in [5.74, 6) is 1.27. The van der Waals surface area contributed by atoms with E-state index in [-0.39, 0.29) is 6.10 Å². The van der Waals surface area contributed by atoms with Crippen molar-refractivity contribution in [2.45, 2.75) is 90.3 Å². The van der Waals surface area contributed by atoms with Crippen molar-refractivity contribution in [3.05, 3.63) is 35.5 Å². The van der Waals surface area contributed by atoms with Crippen molar-refractivity contribution in [2.24, 2.45) is 17.3 Å². The fraction of sp³-hybridized carbons (Fsp3) is 0.760. The Kier molecular flexibility index (Phi) is 6.89. The van der Waals surface area contributed by atoms with Crippen LogP contribution in [0.25, 0.3) is 0 Å². The summed E-state index contributed by atoms with van der Waals surface area (Å²) < 4.78 is 5.99. The monoisotopic (exact) mass is 388 g/mol. The first-order valence-electron chi connectivity index (χ1n) is 11.3. The summed E-state index contributed by atoms with van der Waals surface area (Å²) in [5, 5.41) is 19.9. The van der Waals surface area contributed by atoms with Crippen LogP contribution in [-0.2, 0) is 4.74 Å². The molecule has 3 fully saturated rings. The Morgan fingerprint density at radius 3 is 2.71 bits per heavy atom. The molecule has 0 heterocycles. The Labute approximate surface area is 171 Å². The normalized spacial score (nSPS) is 36.9. The molecule has 3 aliphatic carbocycles. The molecule has 3 heteroatoms. The van der Waals surface area contributed by atoms with Gasteiger partial charge in [-0.15, -0.1) is 0 Å². The number of fused-ring (bicyclic) bond motifs is 1. The molecule has 3 rings (SSSR count). The van der Waals surface area contributed by atoms with E-state index in [9.17, 15) is 10.2 Å². The van der Waals surface area contributed by atoms with E-state index in [4.69, 9.17) is 4.74 Å². The maximum atomic E-state index is 10.1. The molecule has 3 aliphatic rings. The van der Waals surface area contributed by atoms with Crippen molar-refractivity contribution in [3.63, 3.8) is 0 Å². The first kappa shape index (κ1) is 21.8. The summed E-state index contributed by atoms with van der Waals surface area (Å²) in [5.41, 5.74) is 3.44. The minimum absolute atomic E-state index is 0.334. The third-order valence-corrected chi connectivity index (χ3v) is 7.58. The largest absolute Gasteiger partial charge is 0.390 e. The second-order valence-electron chi connectivity index (χ2n) is 10.2. The van der Waals surface area contributed by atoms with Crippen LogP contribution in [0.5, 0.6) is 0 Å². The van der Waals surface area contributed by atoms with E-state index in [0.717, 1.165) is 31.4 Å². The van der Waals surface area contributed by atoms with Gasteiger partial charge in [-0.1, -0.05) is 31.2 Å². The minimum Gasteiger partial charge on any atom is -0.390 e. The number of rotatable bonds is 6. The molecule has 2 N–H and O–H groups in total. The number of aliphatic hydroxyl groups is 2. The van der Waals surface area contributed by atoms with Gasteiger partial charge in [0.1, 0.15) is 0 Å². The van der Waals surface area contributed by atoms with Gasteiger partial charge in [-0.25, -0.2) is 0 Å². The molecule has 0 aromatic rings. The number of hydrogen-bond acceptors (Lipinski definition) is 3. The number of ether oxygens (including phenoxy) is 1. The summed E-state index contributed by atoms with van der Waals surface area (Å²) >= 11 is 0. The van der Waals surface area contributed by atoms with Crippen LogP contribution in [-0.4, -0.2) is 35.1 Å². The molecule has 0 spiro atoms. The van der Waals surface area contributed by atoms with Crippen LogP contribution in [0, 0.1) is 17.3 Å². The fourth-order valence-electron chi connectivity index (χ4n) is 5.60. The number of allylic oxidation sites excluding steroid dienone is 3. The highest BCUT2D eigenvalue weighted by molar-refractivity contribution is 5.37. The second kappa shape index (κ2) is 8.85. The van der Waals surface area contributed by atoms with Crippen LogP contribution in [0.4, 0.5) is 0 Å². The van der Waals surface area contributed by atoms with Gasteiger partial charge in [0.2, 0.25) is 0 Å². The van der Waals surface area contributed by atoms with Gasteiger partial charge in [-0.3, -0.25) is 0 Å². The molecular weight excluding hydrogens is 348 g/mol. The topological polar surface area (TPSA) is 49.7 Å². The molecule has 3 saturated carbocycles. The lowest BCUT2D eigenvalue weighted by molar-refractivity contribution is -0.000944. The van der Waals surface area contributed by atoms with Crippen LogP contribution in [0.2, 0.25) is 0 Å². The molecule has 0 aromatic carbocycles. The highest BCUT2D eigenvalue weighted by atomic mass is 16.5. The van der Waals surface area contributed by atoms with Crippen molar-refractivity contribution < 1.29 is 14.9 Å². The Hall–Kier alpha value is -0.900. The number of aliphatic hydroxyl groups excluding tert-OH is 1. The van der Waals surface area contributed by atoms with E-state index >= 15 is 0 Å². The van der Waals surface area contributed by atoms with Crippen molar-refractivity contribution in [1.29, 1.82) is 0 Å². The summed E-state index contributed by atoms with van der Waals surface area (Å²) in [6, 6.07) is 0. The quantitative estimate of drug-likeness (QED) is 0.604. The van der Waals surface area contributed by atoms with E-state index in [2.05, 4.69) is 25.7 Å². The standard InChI is InChI=1S/C25H40O3/c1-18-19(7-5-9-23(18)26)10-11-20-8-6-14-25(4)21(12-13-22(20)25)17-28-16-15-24(2,3)27/h10-11,21-23,26-27H,1,5-9,12-17H2,2-4H3/b19-10-,20-11+/t21-,22?,23+,25-/m1/s1. The first-order valence-corrected chi connectivity index (χ1v) is 11.3. The van der Waals surface area contributed by atoms with E-state index in [1.165, 1.54) is 37.7 Å². The number of hydrogen-bond donors (Lipinski definition) is 2. The lowest BCUT2D eigenvalue weighted by Gasteiger charge is -2.42. The molecule has 3 nitrogen and oxygen atoms in total. The third kappa shape index (κ3) is 4.98. The summed E-state index contributed by atoms with van der Waals surface area (Å²) in [4.78, 5) is 0. The van der Waals surface area contributed by atoms with Gasteiger partial charge in [0, 0.05) is 13.2 Å². The molecule has 28 heavy (non-hydrogen) atoms. The summed E-state index contributed by atoms with van der Waals surface area (Å²) in [6.45, 7) is 11.7. The van der Waals surface area contributed by atoms with Gasteiger partial charge in [0.15, 0.2) is 0 Å². The molecule has 0 amide bonds. The van der Waals surface area contributed by atoms with Crippen molar-refractivity contribution in [2.75, 3.05) is 13.2 Å². The van der Waals surface area contributed by atoms with Crippen LogP contribution < -0.4 is 0 Å². The van der Waals surface area contributed by atoms with Gasteiger partial charge < -0.3 is 14.9 Å².